The largest absolute Gasteiger partial charge is 0.373 e. The summed E-state index contributed by atoms with van der Waals surface area (Å²) in [5.74, 6) is 2.86. The van der Waals surface area contributed by atoms with E-state index in [4.69, 9.17) is 0 Å². The molecule has 0 aliphatic heterocycles. The molecule has 0 saturated carbocycles. The van der Waals surface area contributed by atoms with Crippen molar-refractivity contribution in [1.82, 2.24) is 14.9 Å². The zero-order chi connectivity index (χ0) is 12.0. The second-order valence-corrected chi connectivity index (χ2v) is 4.88. The molecule has 0 atom stereocenters. The van der Waals surface area contributed by atoms with E-state index in [9.17, 15) is 0 Å². The summed E-state index contributed by atoms with van der Waals surface area (Å²) in [7, 11) is 6.05. The maximum Gasteiger partial charge on any atom is 0.131 e. The Morgan fingerprint density at radius 3 is 2.69 bits per heavy atom. The molecular weight excluding hydrogens is 220 g/mol. The predicted octanol–water partition coefficient (Wildman–Crippen LogP) is 1.73. The molecule has 0 aliphatic carbocycles. The van der Waals surface area contributed by atoms with Crippen LogP contribution in [0.4, 0.5) is 5.82 Å². The van der Waals surface area contributed by atoms with E-state index in [1.807, 2.05) is 13.1 Å². The van der Waals surface area contributed by atoms with Crippen molar-refractivity contribution in [2.24, 2.45) is 0 Å². The van der Waals surface area contributed by atoms with Gasteiger partial charge in [-0.1, -0.05) is 6.92 Å². The monoisotopic (exact) mass is 240 g/mol. The van der Waals surface area contributed by atoms with Gasteiger partial charge in [0.2, 0.25) is 0 Å². The Kier molecular flexibility index (Phi) is 5.55. The lowest BCUT2D eigenvalue weighted by atomic mass is 10.4. The quantitative estimate of drug-likeness (QED) is 0.606. The van der Waals surface area contributed by atoms with Crippen molar-refractivity contribution in [1.29, 1.82) is 0 Å². The normalized spacial score (nSPS) is 10.8. The number of nitrogens with one attached hydrogen (secondary N) is 1. The first-order valence-corrected chi connectivity index (χ1v) is 6.47. The molecule has 16 heavy (non-hydrogen) atoms. The molecule has 0 bridgehead atoms. The van der Waals surface area contributed by atoms with Crippen LogP contribution in [0, 0.1) is 0 Å². The van der Waals surface area contributed by atoms with Gasteiger partial charge in [-0.25, -0.2) is 9.97 Å². The summed E-state index contributed by atoms with van der Waals surface area (Å²) in [6.45, 7) is 3.13. The number of hydrogen-bond donors (Lipinski definition) is 1. The first-order valence-electron chi connectivity index (χ1n) is 5.49. The van der Waals surface area contributed by atoms with E-state index >= 15 is 0 Å². The van der Waals surface area contributed by atoms with Gasteiger partial charge in [-0.05, 0) is 14.1 Å². The zero-order valence-electron chi connectivity index (χ0n) is 10.4. The molecule has 0 aromatic carbocycles. The first-order chi connectivity index (χ1) is 7.65. The molecule has 0 saturated heterocycles. The van der Waals surface area contributed by atoms with Crippen LogP contribution in [0.3, 0.4) is 0 Å². The Hall–Kier alpha value is -0.810. The van der Waals surface area contributed by atoms with Gasteiger partial charge in [0, 0.05) is 31.8 Å². The van der Waals surface area contributed by atoms with Gasteiger partial charge in [-0.15, -0.1) is 11.8 Å². The third-order valence-electron chi connectivity index (χ3n) is 2.11. The number of rotatable bonds is 6. The van der Waals surface area contributed by atoms with Crippen molar-refractivity contribution in [2.45, 2.75) is 18.4 Å². The van der Waals surface area contributed by atoms with Crippen molar-refractivity contribution in [3.63, 3.8) is 0 Å². The van der Waals surface area contributed by atoms with Gasteiger partial charge < -0.3 is 10.2 Å². The number of anilines is 1. The van der Waals surface area contributed by atoms with Crippen LogP contribution >= 0.6 is 11.8 Å². The number of aryl methyl sites for hydroxylation is 1. The summed E-state index contributed by atoms with van der Waals surface area (Å²) in [6, 6.07) is 2.00. The highest BCUT2D eigenvalue weighted by Crippen LogP contribution is 2.18. The van der Waals surface area contributed by atoms with E-state index in [1.165, 1.54) is 0 Å². The smallest absolute Gasteiger partial charge is 0.131 e. The lowest BCUT2D eigenvalue weighted by Gasteiger charge is -2.09. The number of hydrogen-bond acceptors (Lipinski definition) is 5. The molecule has 0 radical (unpaired) electrons. The van der Waals surface area contributed by atoms with Gasteiger partial charge in [-0.2, -0.15) is 0 Å². The van der Waals surface area contributed by atoms with E-state index in [1.54, 1.807) is 11.8 Å². The van der Waals surface area contributed by atoms with E-state index in [2.05, 4.69) is 41.2 Å². The lowest BCUT2D eigenvalue weighted by molar-refractivity contribution is 0.437. The summed E-state index contributed by atoms with van der Waals surface area (Å²) in [5.41, 5.74) is 0. The van der Waals surface area contributed by atoms with Crippen LogP contribution in [0.15, 0.2) is 11.1 Å². The summed E-state index contributed by atoms with van der Waals surface area (Å²) in [4.78, 5) is 11.0. The van der Waals surface area contributed by atoms with Crippen LogP contribution in [0.1, 0.15) is 12.7 Å². The van der Waals surface area contributed by atoms with Crippen LogP contribution in [-0.2, 0) is 6.42 Å². The minimum Gasteiger partial charge on any atom is -0.373 e. The molecule has 0 amide bonds. The first kappa shape index (κ1) is 13.3. The highest BCUT2D eigenvalue weighted by atomic mass is 32.2. The minimum absolute atomic E-state index is 0.872. The minimum atomic E-state index is 0.872. The van der Waals surface area contributed by atoms with Crippen LogP contribution in [0.2, 0.25) is 0 Å². The molecule has 0 spiro atoms. The van der Waals surface area contributed by atoms with E-state index in [0.29, 0.717) is 0 Å². The van der Waals surface area contributed by atoms with Gasteiger partial charge in [0.05, 0.1) is 0 Å². The van der Waals surface area contributed by atoms with Gasteiger partial charge in [0.25, 0.3) is 0 Å². The molecular formula is C11H20N4S. The van der Waals surface area contributed by atoms with Gasteiger partial charge in [-0.3, -0.25) is 0 Å². The second-order valence-electron chi connectivity index (χ2n) is 3.76. The van der Waals surface area contributed by atoms with Crippen molar-refractivity contribution >= 4 is 17.6 Å². The molecule has 1 aromatic rings. The van der Waals surface area contributed by atoms with Crippen LogP contribution in [-0.4, -0.2) is 48.3 Å². The summed E-state index contributed by atoms with van der Waals surface area (Å²) in [5, 5.41) is 4.12. The average molecular weight is 240 g/mol. The third-order valence-corrected chi connectivity index (χ3v) is 3.00. The number of thioether (sulfide) groups is 1. The van der Waals surface area contributed by atoms with Crippen molar-refractivity contribution in [3.8, 4) is 0 Å². The van der Waals surface area contributed by atoms with Crippen LogP contribution < -0.4 is 5.32 Å². The highest BCUT2D eigenvalue weighted by Gasteiger charge is 2.03. The molecule has 0 fully saturated rings. The second kappa shape index (κ2) is 6.70. The van der Waals surface area contributed by atoms with Gasteiger partial charge in [0.15, 0.2) is 0 Å². The number of nitrogens with zero attached hydrogens (tertiary/aromatic N) is 3. The fraction of sp³-hybridized carbons (Fsp3) is 0.636. The van der Waals surface area contributed by atoms with E-state index < -0.39 is 0 Å². The fourth-order valence-corrected chi connectivity index (χ4v) is 2.20. The lowest BCUT2D eigenvalue weighted by Crippen LogP contribution is -2.14. The zero-order valence-corrected chi connectivity index (χ0v) is 11.3. The SMILES string of the molecule is CCc1nc(NC)cc(SCCN(C)C)n1. The Labute approximate surface area is 102 Å². The molecule has 4 nitrogen and oxygen atoms in total. The molecule has 1 N–H and O–H groups in total. The van der Waals surface area contributed by atoms with E-state index in [-0.39, 0.29) is 0 Å². The molecule has 0 unspecified atom stereocenters. The Morgan fingerprint density at radius 1 is 1.38 bits per heavy atom. The molecule has 90 valence electrons. The summed E-state index contributed by atoms with van der Waals surface area (Å²) in [6.07, 6.45) is 0.872. The molecule has 1 rings (SSSR count). The van der Waals surface area contributed by atoms with Gasteiger partial charge >= 0.3 is 0 Å². The highest BCUT2D eigenvalue weighted by molar-refractivity contribution is 7.99. The Bertz CT molecular complexity index is 306. The Balaban J connectivity index is 2.64. The molecule has 5 heteroatoms. The topological polar surface area (TPSA) is 41.1 Å². The maximum absolute atomic E-state index is 4.49. The maximum atomic E-state index is 4.49. The molecule has 0 aliphatic rings. The fourth-order valence-electron chi connectivity index (χ4n) is 1.17. The van der Waals surface area contributed by atoms with Crippen molar-refractivity contribution < 1.29 is 0 Å². The molecule has 1 heterocycles. The van der Waals surface area contributed by atoms with Crippen molar-refractivity contribution in [2.75, 3.05) is 38.8 Å². The summed E-state index contributed by atoms with van der Waals surface area (Å²) >= 11 is 1.78. The van der Waals surface area contributed by atoms with Crippen LogP contribution in [0.25, 0.3) is 0 Å². The standard InChI is InChI=1S/C11H20N4S/c1-5-9-13-10(12-2)8-11(14-9)16-7-6-15(3)4/h8H,5-7H2,1-4H3,(H,12,13,14). The number of aromatic nitrogens is 2. The van der Waals surface area contributed by atoms with E-state index in [0.717, 1.165) is 35.4 Å². The summed E-state index contributed by atoms with van der Waals surface area (Å²) < 4.78 is 0. The Morgan fingerprint density at radius 2 is 2.12 bits per heavy atom. The third kappa shape index (κ3) is 4.37. The predicted molar refractivity (Wildman–Crippen MR) is 70.2 cm³/mol. The average Bonchev–Trinajstić information content (AvgIpc) is 2.28. The van der Waals surface area contributed by atoms with Gasteiger partial charge in [0.1, 0.15) is 16.7 Å². The van der Waals surface area contributed by atoms with Crippen LogP contribution in [0.5, 0.6) is 0 Å². The molecule has 1 aromatic heterocycles. The van der Waals surface area contributed by atoms with Crippen molar-refractivity contribution in [3.05, 3.63) is 11.9 Å².